The molecule has 0 unspecified atom stereocenters. The van der Waals surface area contributed by atoms with Crippen molar-refractivity contribution in [2.75, 3.05) is 0 Å². The number of aryl methyl sites for hydroxylation is 2. The van der Waals surface area contributed by atoms with Crippen LogP contribution < -0.4 is 5.43 Å². The molecule has 1 aromatic heterocycles. The van der Waals surface area contributed by atoms with Gasteiger partial charge in [-0.05, 0) is 49.7 Å². The van der Waals surface area contributed by atoms with Gasteiger partial charge in [0.05, 0.1) is 0 Å². The first kappa shape index (κ1) is 18.8. The molecule has 0 fully saturated rings. The average molecular weight is 381 g/mol. The van der Waals surface area contributed by atoms with Crippen LogP contribution >= 0.6 is 11.8 Å². The van der Waals surface area contributed by atoms with Gasteiger partial charge in [0.2, 0.25) is 0 Å². The maximum atomic E-state index is 12.2. The molecule has 3 rings (SSSR count). The largest absolute Gasteiger partial charge is 0.508 e. The summed E-state index contributed by atoms with van der Waals surface area (Å²) in [7, 11) is 0. The van der Waals surface area contributed by atoms with Crippen LogP contribution in [0.3, 0.4) is 0 Å². The van der Waals surface area contributed by atoms with Gasteiger partial charge in [-0.1, -0.05) is 17.7 Å². The normalized spacial score (nSPS) is 10.7. The summed E-state index contributed by atoms with van der Waals surface area (Å²) in [6, 6.07) is 14.3. The van der Waals surface area contributed by atoms with Crippen molar-refractivity contribution >= 4 is 17.7 Å². The molecule has 6 heteroatoms. The number of nitrogens with zero attached hydrogens (tertiary/aromatic N) is 1. The Morgan fingerprint density at radius 2 is 1.78 bits per heavy atom. The summed E-state index contributed by atoms with van der Waals surface area (Å²) in [5.74, 6) is -0.632. The molecule has 0 aliphatic carbocycles. The lowest BCUT2D eigenvalue weighted by Gasteiger charge is -2.17. The van der Waals surface area contributed by atoms with E-state index in [1.807, 2.05) is 38.1 Å². The van der Waals surface area contributed by atoms with Crippen LogP contribution in [-0.2, 0) is 5.75 Å². The van der Waals surface area contributed by atoms with Crippen LogP contribution in [-0.4, -0.2) is 20.7 Å². The standard InChI is InChI=1S/C21H19NO4S/c1-13-3-6-17(7-4-13)27-12-15-10-20(24)18(21(25)26)11-22(15)19-8-5-16(23)9-14(19)2/h3-11,23H,12H2,1-2H3,(H,25,26). The van der Waals surface area contributed by atoms with E-state index in [-0.39, 0.29) is 11.3 Å². The second-order valence-corrected chi connectivity index (χ2v) is 7.34. The summed E-state index contributed by atoms with van der Waals surface area (Å²) in [6.45, 7) is 3.84. The Labute approximate surface area is 160 Å². The van der Waals surface area contributed by atoms with E-state index in [4.69, 9.17) is 0 Å². The van der Waals surface area contributed by atoms with Crippen molar-refractivity contribution in [1.29, 1.82) is 0 Å². The summed E-state index contributed by atoms with van der Waals surface area (Å²) < 4.78 is 1.71. The number of pyridine rings is 1. The highest BCUT2D eigenvalue weighted by Gasteiger charge is 2.15. The number of phenols is 1. The average Bonchev–Trinajstić information content (AvgIpc) is 2.61. The zero-order valence-electron chi connectivity index (χ0n) is 15.0. The molecule has 2 N–H and O–H groups in total. The molecule has 0 saturated heterocycles. The van der Waals surface area contributed by atoms with Crippen LogP contribution in [0.1, 0.15) is 27.2 Å². The zero-order valence-corrected chi connectivity index (χ0v) is 15.8. The first-order valence-corrected chi connectivity index (χ1v) is 9.32. The number of carboxylic acids is 1. The molecule has 0 atom stereocenters. The minimum Gasteiger partial charge on any atom is -0.508 e. The Morgan fingerprint density at radius 3 is 2.41 bits per heavy atom. The van der Waals surface area contributed by atoms with E-state index >= 15 is 0 Å². The fraction of sp³-hybridized carbons (Fsp3) is 0.143. The molecule has 138 valence electrons. The fourth-order valence-corrected chi connectivity index (χ4v) is 3.64. The van der Waals surface area contributed by atoms with Gasteiger partial charge in [0, 0.05) is 34.3 Å². The van der Waals surface area contributed by atoms with Gasteiger partial charge in [0.1, 0.15) is 11.3 Å². The van der Waals surface area contributed by atoms with E-state index in [2.05, 4.69) is 0 Å². The molecular formula is C21H19NO4S. The molecule has 3 aromatic rings. The van der Waals surface area contributed by atoms with Crippen molar-refractivity contribution in [3.63, 3.8) is 0 Å². The van der Waals surface area contributed by atoms with Crippen LogP contribution in [0, 0.1) is 13.8 Å². The van der Waals surface area contributed by atoms with E-state index in [1.54, 1.807) is 28.5 Å². The monoisotopic (exact) mass is 381 g/mol. The minimum atomic E-state index is -1.26. The van der Waals surface area contributed by atoms with Crippen LogP contribution in [0.15, 0.2) is 64.4 Å². The van der Waals surface area contributed by atoms with Crippen LogP contribution in [0.25, 0.3) is 5.69 Å². The molecular weight excluding hydrogens is 362 g/mol. The van der Waals surface area contributed by atoms with Crippen LogP contribution in [0.5, 0.6) is 5.75 Å². The SMILES string of the molecule is Cc1ccc(SCc2cc(=O)c(C(=O)O)cn2-c2ccc(O)cc2C)cc1. The smallest absolute Gasteiger partial charge is 0.341 e. The van der Waals surface area contributed by atoms with Gasteiger partial charge in [0.15, 0.2) is 5.43 Å². The van der Waals surface area contributed by atoms with Crippen molar-refractivity contribution in [2.45, 2.75) is 24.5 Å². The van der Waals surface area contributed by atoms with Gasteiger partial charge in [-0.25, -0.2) is 4.79 Å². The highest BCUT2D eigenvalue weighted by molar-refractivity contribution is 7.98. The molecule has 0 radical (unpaired) electrons. The zero-order chi connectivity index (χ0) is 19.6. The lowest BCUT2D eigenvalue weighted by molar-refractivity contribution is 0.0694. The second-order valence-electron chi connectivity index (χ2n) is 6.29. The summed E-state index contributed by atoms with van der Waals surface area (Å²) in [6.07, 6.45) is 1.36. The van der Waals surface area contributed by atoms with Crippen LogP contribution in [0.4, 0.5) is 0 Å². The molecule has 27 heavy (non-hydrogen) atoms. The predicted octanol–water partition coefficient (Wildman–Crippen LogP) is 4.15. The van der Waals surface area contributed by atoms with Crippen molar-refractivity contribution in [3.8, 4) is 11.4 Å². The van der Waals surface area contributed by atoms with Gasteiger partial charge >= 0.3 is 5.97 Å². The number of carbonyl (C=O) groups is 1. The molecule has 2 aromatic carbocycles. The van der Waals surface area contributed by atoms with Gasteiger partial charge in [0.25, 0.3) is 0 Å². The Balaban J connectivity index is 2.05. The van der Waals surface area contributed by atoms with Crippen molar-refractivity contribution in [2.24, 2.45) is 0 Å². The van der Waals surface area contributed by atoms with Crippen molar-refractivity contribution in [1.82, 2.24) is 4.57 Å². The summed E-state index contributed by atoms with van der Waals surface area (Å²) in [4.78, 5) is 24.7. The van der Waals surface area contributed by atoms with E-state index in [0.29, 0.717) is 11.4 Å². The van der Waals surface area contributed by atoms with Gasteiger partial charge < -0.3 is 14.8 Å². The maximum Gasteiger partial charge on any atom is 0.341 e. The lowest BCUT2D eigenvalue weighted by Crippen LogP contribution is -2.19. The number of aromatic carboxylic acids is 1. The molecule has 1 heterocycles. The first-order chi connectivity index (χ1) is 12.8. The van der Waals surface area contributed by atoms with Gasteiger partial charge in [-0.2, -0.15) is 0 Å². The number of hydrogen-bond acceptors (Lipinski definition) is 4. The Morgan fingerprint density at radius 1 is 1.07 bits per heavy atom. The number of phenolic OH excluding ortho intramolecular Hbond substituents is 1. The number of aromatic nitrogens is 1. The third kappa shape index (κ3) is 4.23. The topological polar surface area (TPSA) is 79.5 Å². The second kappa shape index (κ2) is 7.72. The molecule has 0 aliphatic rings. The fourth-order valence-electron chi connectivity index (χ4n) is 2.77. The lowest BCUT2D eigenvalue weighted by atomic mass is 10.1. The number of hydrogen-bond donors (Lipinski definition) is 2. The minimum absolute atomic E-state index is 0.131. The number of thioether (sulfide) groups is 1. The maximum absolute atomic E-state index is 12.2. The highest BCUT2D eigenvalue weighted by Crippen LogP contribution is 2.26. The number of carboxylic acid groups (broad SMARTS) is 1. The quantitative estimate of drug-likeness (QED) is 0.649. The Bertz CT molecular complexity index is 1050. The van der Waals surface area contributed by atoms with Gasteiger partial charge in [-0.15, -0.1) is 11.8 Å². The predicted molar refractivity (Wildman–Crippen MR) is 106 cm³/mol. The summed E-state index contributed by atoms with van der Waals surface area (Å²) >= 11 is 1.57. The van der Waals surface area contributed by atoms with Gasteiger partial charge in [-0.3, -0.25) is 4.79 Å². The Hall–Kier alpha value is -2.99. The van der Waals surface area contributed by atoms with Crippen LogP contribution in [0.2, 0.25) is 0 Å². The van der Waals surface area contributed by atoms with Crippen molar-refractivity contribution in [3.05, 3.63) is 87.3 Å². The third-order valence-corrected chi connectivity index (χ3v) is 5.25. The molecule has 0 saturated carbocycles. The van der Waals surface area contributed by atoms with E-state index in [1.165, 1.54) is 23.9 Å². The highest BCUT2D eigenvalue weighted by atomic mass is 32.2. The molecule has 0 bridgehead atoms. The molecule has 5 nitrogen and oxygen atoms in total. The van der Waals surface area contributed by atoms with E-state index < -0.39 is 11.4 Å². The van der Waals surface area contributed by atoms with E-state index in [9.17, 15) is 19.8 Å². The molecule has 0 spiro atoms. The number of aromatic hydroxyl groups is 1. The van der Waals surface area contributed by atoms with Crippen molar-refractivity contribution < 1.29 is 15.0 Å². The molecule has 0 aliphatic heterocycles. The van der Waals surface area contributed by atoms with E-state index in [0.717, 1.165) is 16.1 Å². The first-order valence-electron chi connectivity index (χ1n) is 8.33. The number of benzene rings is 2. The molecule has 0 amide bonds. The summed E-state index contributed by atoms with van der Waals surface area (Å²) in [5, 5.41) is 19.0. The Kier molecular flexibility index (Phi) is 5.37. The number of rotatable bonds is 5. The summed E-state index contributed by atoms with van der Waals surface area (Å²) in [5.41, 5.74) is 2.54. The third-order valence-electron chi connectivity index (χ3n) is 4.21.